The minimum absolute atomic E-state index is 0. The Labute approximate surface area is 392 Å². The summed E-state index contributed by atoms with van der Waals surface area (Å²) in [4.78, 5) is 16.6. The molecule has 1 aliphatic heterocycles. The lowest BCUT2D eigenvalue weighted by Crippen LogP contribution is -2.59. The van der Waals surface area contributed by atoms with Crippen LogP contribution in [-0.2, 0) is 28.8 Å². The van der Waals surface area contributed by atoms with E-state index in [4.69, 9.17) is 14.2 Å². The molecule has 0 aromatic heterocycles. The van der Waals surface area contributed by atoms with Gasteiger partial charge in [-0.25, -0.2) is 0 Å². The molecule has 3 N–H and O–H groups in total. The van der Waals surface area contributed by atoms with Crippen LogP contribution in [0, 0.1) is 17.8 Å². The summed E-state index contributed by atoms with van der Waals surface area (Å²) in [7, 11) is 11.4. The van der Waals surface area contributed by atoms with E-state index >= 15 is 0 Å². The Balaban J connectivity index is 0.000000248. The average molecular weight is 913 g/mol. The monoisotopic (exact) mass is 912 g/mol. The van der Waals surface area contributed by atoms with Crippen molar-refractivity contribution in [2.75, 3.05) is 55.6 Å². The van der Waals surface area contributed by atoms with Gasteiger partial charge < -0.3 is 39.5 Å². The summed E-state index contributed by atoms with van der Waals surface area (Å²) in [6, 6.07) is 20.6. The van der Waals surface area contributed by atoms with E-state index < -0.39 is 5.60 Å². The predicted octanol–water partition coefficient (Wildman–Crippen LogP) is 10.7. The maximum Gasteiger partial charge on any atom is 0.220 e. The Morgan fingerprint density at radius 2 is 1.63 bits per heavy atom. The first-order valence-corrected chi connectivity index (χ1v) is 23.0. The minimum Gasteiger partial charge on any atom is -0.504 e. The number of allylic oxidation sites excluding steroid dienone is 2. The molecule has 1 amide bonds. The van der Waals surface area contributed by atoms with E-state index in [-0.39, 0.29) is 36.5 Å². The highest BCUT2D eigenvalue weighted by Gasteiger charge is 2.53. The Hall–Kier alpha value is -3.47. The highest BCUT2D eigenvalue weighted by Crippen LogP contribution is 2.56. The molecule has 63 heavy (non-hydrogen) atoms. The molecule has 1 saturated heterocycles. The van der Waals surface area contributed by atoms with E-state index in [1.54, 1.807) is 43.5 Å². The largest absolute Gasteiger partial charge is 0.504 e. The topological polar surface area (TPSA) is 104 Å². The lowest BCUT2D eigenvalue weighted by molar-refractivity contribution is -0.121. The van der Waals surface area contributed by atoms with Crippen molar-refractivity contribution < 1.29 is 29.2 Å². The van der Waals surface area contributed by atoms with E-state index in [9.17, 15) is 15.0 Å². The van der Waals surface area contributed by atoms with Crippen molar-refractivity contribution in [3.8, 4) is 23.0 Å². The quantitative estimate of drug-likeness (QED) is 0.109. The lowest BCUT2D eigenvalue weighted by Gasteiger charge is -2.58. The summed E-state index contributed by atoms with van der Waals surface area (Å²) in [6.45, 7) is 6.94. The van der Waals surface area contributed by atoms with E-state index in [1.807, 2.05) is 24.3 Å². The van der Waals surface area contributed by atoms with Crippen molar-refractivity contribution in [1.29, 1.82) is 0 Å². The molecule has 2 saturated carbocycles. The van der Waals surface area contributed by atoms with E-state index in [1.165, 1.54) is 58.6 Å². The number of nitrogens with zero attached hydrogens (tertiary/aromatic N) is 2. The lowest BCUT2D eigenvalue weighted by atomic mass is 9.52. The first-order valence-electron chi connectivity index (χ1n) is 23.0. The number of likely N-dealkylation sites (tertiary alicyclic amines) is 1. The number of hydrogen-bond acceptors (Lipinski definition) is 8. The molecule has 3 aliphatic carbocycles. The fourth-order valence-electron chi connectivity index (χ4n) is 10.5. The first kappa shape index (κ1) is 53.9. The molecule has 9 nitrogen and oxygen atoms in total. The number of nitrogens with one attached hydrogen (secondary N) is 1. The molecule has 4 aliphatic rings. The van der Waals surface area contributed by atoms with E-state index in [0.717, 1.165) is 79.7 Å². The number of carbonyl (C=O) groups is 1. The molecule has 0 radical (unpaired) electrons. The maximum atomic E-state index is 11.8. The molecular weight excluding hydrogens is 833 g/mol. The molecular formula is C52H79Cl2N3O6. The number of carbonyl (C=O) groups excluding carboxylic acids is 1. The number of ether oxygens (including phenoxy) is 3. The minimum atomic E-state index is -0.711. The first-order chi connectivity index (χ1) is 29.3. The summed E-state index contributed by atoms with van der Waals surface area (Å²) in [5.74, 6) is 4.19. The number of phenolic OH excluding ortho intramolecular Hbond substituents is 1. The van der Waals surface area contributed by atoms with Gasteiger partial charge in [-0.3, -0.25) is 4.79 Å². The van der Waals surface area contributed by atoms with Gasteiger partial charge in [-0.1, -0.05) is 75.9 Å². The van der Waals surface area contributed by atoms with Crippen molar-refractivity contribution >= 4 is 30.7 Å². The van der Waals surface area contributed by atoms with Gasteiger partial charge in [0.05, 0.1) is 26.9 Å². The molecule has 1 heterocycles. The molecule has 3 aromatic carbocycles. The number of hydrogen-bond donors (Lipinski definition) is 3. The number of unbranched alkanes of at least 4 members (excludes halogenated alkanes) is 2. The van der Waals surface area contributed by atoms with Gasteiger partial charge in [0, 0.05) is 36.9 Å². The van der Waals surface area contributed by atoms with Crippen molar-refractivity contribution in [1.82, 2.24) is 15.1 Å². The van der Waals surface area contributed by atoms with Crippen LogP contribution in [-0.4, -0.2) is 87.5 Å². The molecule has 7 rings (SSSR count). The van der Waals surface area contributed by atoms with Crippen LogP contribution in [0.2, 0.25) is 0 Å². The molecule has 352 valence electrons. The van der Waals surface area contributed by atoms with Crippen molar-refractivity contribution in [2.24, 2.45) is 17.8 Å². The zero-order valence-corrected chi connectivity index (χ0v) is 41.1. The van der Waals surface area contributed by atoms with Crippen LogP contribution in [0.15, 0.2) is 72.8 Å². The molecule has 11 heteroatoms. The van der Waals surface area contributed by atoms with Crippen LogP contribution in [0.1, 0.15) is 120 Å². The van der Waals surface area contributed by atoms with Gasteiger partial charge in [-0.05, 0) is 156 Å². The number of benzene rings is 3. The van der Waals surface area contributed by atoms with E-state index in [2.05, 4.69) is 80.5 Å². The third kappa shape index (κ3) is 14.3. The van der Waals surface area contributed by atoms with Gasteiger partial charge in [0.1, 0.15) is 11.5 Å². The van der Waals surface area contributed by atoms with Crippen molar-refractivity contribution in [3.63, 3.8) is 0 Å². The predicted molar refractivity (Wildman–Crippen MR) is 262 cm³/mol. The van der Waals surface area contributed by atoms with Crippen LogP contribution in [0.3, 0.4) is 0 Å². The second-order valence-corrected chi connectivity index (χ2v) is 18.6. The zero-order valence-electron chi connectivity index (χ0n) is 39.5. The normalized spacial score (nSPS) is 23.6. The van der Waals surface area contributed by atoms with Crippen LogP contribution in [0.5, 0.6) is 23.0 Å². The number of likely N-dealkylation sites (N-methyl/N-ethyl adjacent to an activating group) is 1. The van der Waals surface area contributed by atoms with Gasteiger partial charge in [0.2, 0.25) is 5.91 Å². The highest BCUT2D eigenvalue weighted by atomic mass is 35.5. The summed E-state index contributed by atoms with van der Waals surface area (Å²) in [5, 5.41) is 23.6. The van der Waals surface area contributed by atoms with Crippen LogP contribution in [0.4, 0.5) is 0 Å². The fourth-order valence-corrected chi connectivity index (χ4v) is 10.5. The molecule has 3 fully saturated rings. The van der Waals surface area contributed by atoms with Gasteiger partial charge in [-0.15, -0.1) is 24.8 Å². The molecule has 0 spiro atoms. The summed E-state index contributed by atoms with van der Waals surface area (Å²) >= 11 is 0. The Kier molecular flexibility index (Phi) is 22.1. The smallest absolute Gasteiger partial charge is 0.220 e. The number of rotatable bonds is 14. The Morgan fingerprint density at radius 1 is 0.905 bits per heavy atom. The van der Waals surface area contributed by atoms with Crippen molar-refractivity contribution in [3.05, 3.63) is 95.1 Å². The molecule has 2 bridgehead atoms. The Bertz CT molecular complexity index is 1870. The van der Waals surface area contributed by atoms with E-state index in [0.29, 0.717) is 36.0 Å². The summed E-state index contributed by atoms with van der Waals surface area (Å²) in [5.41, 5.74) is 4.86. The zero-order chi connectivity index (χ0) is 44.0. The number of piperidine rings is 1. The number of phenols is 1. The SMILES string of the molecule is COc1cc(CNC(=O)CCCC/C=C/C(C)C)ccc1O.COc1ccc2c(c1)[C@]13CCCC[C@@H]1[C@H](C2)N(C)CC3.COc1cccc([C@@]2(O)CCCC[C@@H]2CN(C)C)c1.Cl.Cl. The number of fused-ring (bicyclic) bond motifs is 1. The number of aliphatic hydroxyl groups is 1. The second kappa shape index (κ2) is 25.9. The number of methoxy groups -OCH3 is 3. The number of halogens is 2. The van der Waals surface area contributed by atoms with Gasteiger partial charge >= 0.3 is 0 Å². The van der Waals surface area contributed by atoms with Gasteiger partial charge in [0.25, 0.3) is 0 Å². The molecule has 0 unspecified atom stereocenters. The third-order valence-corrected chi connectivity index (χ3v) is 13.8. The average Bonchev–Trinajstić information content (AvgIpc) is 3.26. The summed E-state index contributed by atoms with van der Waals surface area (Å²) < 4.78 is 15.8. The number of aromatic hydroxyl groups is 1. The molecule has 3 aromatic rings. The second-order valence-electron chi connectivity index (χ2n) is 18.6. The standard InChI is InChI=1S/C18H27NO3.C18H25NO.C16H25NO2.2ClH/c1-14(2)8-6-4-5-7-9-18(21)19-13-15-10-11-16(20)17(12-15)22-3;1-19-10-9-18-8-4-3-5-15(18)17(19)11-13-6-7-14(20-2)12-16(13)18;1-17(2)12-14-7-4-5-10-16(14,18)13-8-6-9-15(11-13)19-3;;/h6,8,10-12,14,20H,4-5,7,9,13H2,1-3H3,(H,19,21);6-7,12,15,17H,3-5,8-11H2,1-2H3;6,8-9,11,14,18H,4-5,7,10,12H2,1-3H3;2*1H/b8-6+;;;;/t;15-,17+,18+;14-,16+;;/m.11../s1. The summed E-state index contributed by atoms with van der Waals surface area (Å²) in [6.07, 6.45) is 20.3. The van der Waals surface area contributed by atoms with Gasteiger partial charge in [0.15, 0.2) is 11.5 Å². The number of amides is 1. The fraction of sp³-hybridized carbons (Fsp3) is 0.596. The third-order valence-electron chi connectivity index (χ3n) is 13.8. The van der Waals surface area contributed by atoms with Crippen LogP contribution >= 0.6 is 24.8 Å². The Morgan fingerprint density at radius 3 is 2.35 bits per heavy atom. The molecule has 5 atom stereocenters. The van der Waals surface area contributed by atoms with Crippen LogP contribution < -0.4 is 19.5 Å². The van der Waals surface area contributed by atoms with Crippen molar-refractivity contribution in [2.45, 2.75) is 127 Å². The maximum absolute atomic E-state index is 11.8. The van der Waals surface area contributed by atoms with Gasteiger partial charge in [-0.2, -0.15) is 0 Å². The van der Waals surface area contributed by atoms with Crippen LogP contribution in [0.25, 0.3) is 0 Å². The highest BCUT2D eigenvalue weighted by molar-refractivity contribution is 5.85.